The van der Waals surface area contributed by atoms with Gasteiger partial charge < -0.3 is 11.1 Å². The van der Waals surface area contributed by atoms with Crippen LogP contribution in [-0.2, 0) is 25.7 Å². The zero-order valence-electron chi connectivity index (χ0n) is 19.0. The number of anilines is 1. The number of nitrogens with one attached hydrogen (secondary N) is 2. The Labute approximate surface area is 195 Å². The lowest BCUT2D eigenvalue weighted by atomic mass is 9.99. The summed E-state index contributed by atoms with van der Waals surface area (Å²) in [5.74, 6) is 0. The molecule has 0 spiro atoms. The van der Waals surface area contributed by atoms with Crippen molar-refractivity contribution in [1.82, 2.24) is 4.72 Å². The van der Waals surface area contributed by atoms with E-state index in [1.165, 1.54) is 52.1 Å². The van der Waals surface area contributed by atoms with Gasteiger partial charge in [0.05, 0.1) is 4.21 Å². The van der Waals surface area contributed by atoms with Crippen LogP contribution in [0.3, 0.4) is 0 Å². The van der Waals surface area contributed by atoms with Crippen LogP contribution in [0.2, 0.25) is 0 Å². The number of thiophene rings is 1. The maximum Gasteiger partial charge on any atom is 0.316 e. The smallest absolute Gasteiger partial charge is 0.316 e. The van der Waals surface area contributed by atoms with Crippen molar-refractivity contribution in [3.63, 3.8) is 0 Å². The fourth-order valence-corrected chi connectivity index (χ4v) is 5.37. The molecular weight excluding hydrogens is 424 g/mol. The van der Waals surface area contributed by atoms with Gasteiger partial charge in [0.1, 0.15) is 0 Å². The molecule has 1 aromatic heterocycles. The van der Waals surface area contributed by atoms with E-state index in [1.54, 1.807) is 23.3 Å². The minimum Gasteiger partial charge on any atom is -0.351 e. The Bertz CT molecular complexity index is 796. The molecule has 0 fully saturated rings. The number of fused-ring (bicyclic) bond motifs is 2. The van der Waals surface area contributed by atoms with Crippen molar-refractivity contribution in [2.45, 2.75) is 69.4 Å². The first-order valence-corrected chi connectivity index (χ1v) is 13.0. The number of carbonyl (C=O) groups is 1. The minimum absolute atomic E-state index is 0.436. The normalized spacial score (nSPS) is 14.8. The molecule has 0 bridgehead atoms. The second-order valence-corrected chi connectivity index (χ2v) is 9.45. The monoisotopic (exact) mass is 460 g/mol. The number of benzene rings is 1. The highest BCUT2D eigenvalue weighted by Gasteiger charge is 2.24. The fraction of sp³-hybridized carbons (Fsp3) is 0.500. The summed E-state index contributed by atoms with van der Waals surface area (Å²) in [5, 5.41) is 4.91. The first-order valence-electron chi connectivity index (χ1n) is 11.3. The molecule has 0 saturated heterocycles. The highest BCUT2D eigenvalue weighted by atomic mass is 32.2. The summed E-state index contributed by atoms with van der Waals surface area (Å²) >= 11 is 3.40. The number of rotatable bonds is 3. The molecule has 1 aliphatic heterocycles. The molecule has 3 aliphatic rings. The average molecular weight is 461 g/mol. The number of nitrogens with two attached hydrogens (primary N) is 1. The highest BCUT2D eigenvalue weighted by Crippen LogP contribution is 2.38. The Hall–Kier alpha value is -1.83. The lowest BCUT2D eigenvalue weighted by Gasteiger charge is -2.14. The molecule has 4 N–H and O–H groups in total. The van der Waals surface area contributed by atoms with E-state index in [0.717, 1.165) is 37.9 Å². The van der Waals surface area contributed by atoms with E-state index in [0.29, 0.717) is 0 Å². The van der Waals surface area contributed by atoms with Crippen molar-refractivity contribution in [1.29, 1.82) is 0 Å². The largest absolute Gasteiger partial charge is 0.351 e. The predicted octanol–water partition coefficient (Wildman–Crippen LogP) is 6.01. The molecule has 5 rings (SSSR count). The summed E-state index contributed by atoms with van der Waals surface area (Å²) in [5.41, 5.74) is 11.8. The van der Waals surface area contributed by atoms with Crippen molar-refractivity contribution < 1.29 is 4.79 Å². The maximum absolute atomic E-state index is 11.1. The van der Waals surface area contributed by atoms with Crippen LogP contribution >= 0.6 is 23.3 Å². The standard InChI is InChI=1S/C13H16N2O.C5H7NS2.C4H7N.C2H6/c14-13(16)15-12-10-5-1-3-8(10)7-9-4-2-6-11(9)12;1-6-8-5-3-2-4-7-5;1-2-4-5-3-1;1-2/h7H,1-6H2,(H3,14,15,16);2-4,6H,1H3;3H,1-2,4H2;1-2H3. The molecule has 2 aliphatic carbocycles. The number of hydrogen-bond acceptors (Lipinski definition) is 5. The third kappa shape index (κ3) is 7.98. The second-order valence-electron chi connectivity index (χ2n) is 7.19. The van der Waals surface area contributed by atoms with E-state index in [4.69, 9.17) is 5.73 Å². The van der Waals surface area contributed by atoms with E-state index < -0.39 is 6.03 Å². The van der Waals surface area contributed by atoms with Gasteiger partial charge in [0, 0.05) is 12.2 Å². The highest BCUT2D eigenvalue weighted by molar-refractivity contribution is 7.99. The average Bonchev–Trinajstić information content (AvgIpc) is 3.58. The third-order valence-electron chi connectivity index (χ3n) is 5.17. The molecule has 170 valence electrons. The van der Waals surface area contributed by atoms with Crippen LogP contribution in [0.4, 0.5) is 10.5 Å². The molecule has 31 heavy (non-hydrogen) atoms. The van der Waals surface area contributed by atoms with Gasteiger partial charge in [-0.2, -0.15) is 0 Å². The van der Waals surface area contributed by atoms with Gasteiger partial charge in [-0.15, -0.1) is 11.3 Å². The van der Waals surface area contributed by atoms with E-state index in [2.05, 4.69) is 32.5 Å². The number of amides is 2. The zero-order valence-corrected chi connectivity index (χ0v) is 20.6. The third-order valence-corrected chi connectivity index (χ3v) is 6.91. The Morgan fingerprint density at radius 3 is 2.19 bits per heavy atom. The van der Waals surface area contributed by atoms with Crippen LogP contribution in [0.5, 0.6) is 0 Å². The first kappa shape index (κ1) is 25.4. The molecule has 2 heterocycles. The Morgan fingerprint density at radius 1 is 1.10 bits per heavy atom. The molecule has 0 unspecified atom stereocenters. The number of urea groups is 1. The van der Waals surface area contributed by atoms with Gasteiger partial charge in [0.25, 0.3) is 0 Å². The topological polar surface area (TPSA) is 79.5 Å². The van der Waals surface area contributed by atoms with Gasteiger partial charge in [-0.25, -0.2) is 4.79 Å². The van der Waals surface area contributed by atoms with E-state index in [9.17, 15) is 4.79 Å². The number of primary amides is 1. The SMILES string of the molecule is C1=NCCC1.CC.CNSc1cccs1.NC(=O)Nc1c2c(cc3c1CCC3)CCC2. The van der Waals surface area contributed by atoms with Crippen LogP contribution in [-0.4, -0.2) is 25.8 Å². The lowest BCUT2D eigenvalue weighted by molar-refractivity contribution is 0.259. The van der Waals surface area contributed by atoms with Gasteiger partial charge in [-0.05, 0) is 110 Å². The number of hydrogen-bond donors (Lipinski definition) is 3. The second kappa shape index (κ2) is 14.3. The number of aryl methyl sites for hydroxylation is 2. The van der Waals surface area contributed by atoms with Crippen molar-refractivity contribution in [3.05, 3.63) is 45.8 Å². The molecule has 7 heteroatoms. The van der Waals surface area contributed by atoms with Crippen LogP contribution < -0.4 is 15.8 Å². The van der Waals surface area contributed by atoms with Gasteiger partial charge >= 0.3 is 6.03 Å². The van der Waals surface area contributed by atoms with Crippen LogP contribution in [0.25, 0.3) is 0 Å². The van der Waals surface area contributed by atoms with E-state index in [1.807, 2.05) is 33.2 Å². The maximum atomic E-state index is 11.1. The molecular formula is C24H36N4OS2. The van der Waals surface area contributed by atoms with Crippen molar-refractivity contribution in [2.24, 2.45) is 10.7 Å². The quantitative estimate of drug-likeness (QED) is 0.491. The van der Waals surface area contributed by atoms with Gasteiger partial charge in [0.15, 0.2) is 0 Å². The molecule has 0 radical (unpaired) electrons. The molecule has 5 nitrogen and oxygen atoms in total. The Morgan fingerprint density at radius 2 is 1.77 bits per heavy atom. The first-order chi connectivity index (χ1) is 15.2. The predicted molar refractivity (Wildman–Crippen MR) is 137 cm³/mol. The van der Waals surface area contributed by atoms with Crippen molar-refractivity contribution in [3.8, 4) is 0 Å². The number of carbonyl (C=O) groups excluding carboxylic acids is 1. The summed E-state index contributed by atoms with van der Waals surface area (Å²) in [6, 6.07) is 6.04. The Kier molecular flexibility index (Phi) is 11.7. The molecule has 1 aromatic carbocycles. The Balaban J connectivity index is 0.000000189. The van der Waals surface area contributed by atoms with Crippen molar-refractivity contribution in [2.75, 3.05) is 18.9 Å². The van der Waals surface area contributed by atoms with Crippen LogP contribution in [0, 0.1) is 0 Å². The molecule has 0 atom stereocenters. The molecule has 2 aromatic rings. The summed E-state index contributed by atoms with van der Waals surface area (Å²) in [4.78, 5) is 15.0. The molecule has 2 amide bonds. The van der Waals surface area contributed by atoms with Crippen LogP contribution in [0.15, 0.2) is 32.8 Å². The van der Waals surface area contributed by atoms with Crippen LogP contribution in [0.1, 0.15) is 61.8 Å². The summed E-state index contributed by atoms with van der Waals surface area (Å²) in [7, 11) is 1.92. The fourth-order valence-electron chi connectivity index (χ4n) is 3.97. The van der Waals surface area contributed by atoms with Gasteiger partial charge in [-0.3, -0.25) is 9.71 Å². The zero-order chi connectivity index (χ0) is 22.5. The molecule has 0 saturated carbocycles. The number of nitrogens with zero attached hydrogens (tertiary/aromatic N) is 1. The van der Waals surface area contributed by atoms with E-state index >= 15 is 0 Å². The van der Waals surface area contributed by atoms with E-state index in [-0.39, 0.29) is 0 Å². The number of aliphatic imine (C=N–C) groups is 1. The summed E-state index contributed by atoms with van der Waals surface area (Å²) in [6.07, 6.45) is 11.3. The lowest BCUT2D eigenvalue weighted by Crippen LogP contribution is -2.21. The van der Waals surface area contributed by atoms with Gasteiger partial charge in [-0.1, -0.05) is 26.0 Å². The minimum atomic E-state index is -0.436. The summed E-state index contributed by atoms with van der Waals surface area (Å²) < 4.78 is 4.31. The summed E-state index contributed by atoms with van der Waals surface area (Å²) in [6.45, 7) is 5.07. The van der Waals surface area contributed by atoms with Gasteiger partial charge in [0.2, 0.25) is 0 Å². The van der Waals surface area contributed by atoms with Crippen molar-refractivity contribution >= 4 is 41.2 Å².